The summed E-state index contributed by atoms with van der Waals surface area (Å²) < 4.78 is 45.3. The molecule has 1 unspecified atom stereocenters. The molecule has 112 valence electrons. The molecule has 0 bridgehead atoms. The summed E-state index contributed by atoms with van der Waals surface area (Å²) >= 11 is 0. The Bertz CT molecular complexity index is 611. The van der Waals surface area contributed by atoms with Crippen molar-refractivity contribution in [3.63, 3.8) is 0 Å². The van der Waals surface area contributed by atoms with Gasteiger partial charge in [0.25, 0.3) is 0 Å². The van der Waals surface area contributed by atoms with E-state index in [1.54, 1.807) is 19.2 Å². The number of ether oxygens (including phenoxy) is 1. The molecule has 5 heteroatoms. The first-order valence-electron chi connectivity index (χ1n) is 6.54. The van der Waals surface area contributed by atoms with E-state index in [0.717, 1.165) is 6.07 Å². The van der Waals surface area contributed by atoms with Gasteiger partial charge in [-0.2, -0.15) is 0 Å². The van der Waals surface area contributed by atoms with E-state index in [1.165, 1.54) is 18.2 Å². The molecular formula is C16H16F3NO. The Kier molecular flexibility index (Phi) is 4.85. The van der Waals surface area contributed by atoms with Gasteiger partial charge in [-0.15, -0.1) is 0 Å². The lowest BCUT2D eigenvalue weighted by Crippen LogP contribution is -2.13. The van der Waals surface area contributed by atoms with Crippen LogP contribution in [0.25, 0.3) is 0 Å². The van der Waals surface area contributed by atoms with Gasteiger partial charge in [-0.25, -0.2) is 13.2 Å². The van der Waals surface area contributed by atoms with Crippen LogP contribution in [0.3, 0.4) is 0 Å². The maximum absolute atomic E-state index is 13.9. The van der Waals surface area contributed by atoms with Crippen molar-refractivity contribution in [3.05, 3.63) is 65.0 Å². The van der Waals surface area contributed by atoms with Crippen LogP contribution in [0.1, 0.15) is 24.1 Å². The van der Waals surface area contributed by atoms with Crippen LogP contribution in [-0.4, -0.2) is 7.05 Å². The molecule has 1 N–H and O–H groups in total. The van der Waals surface area contributed by atoms with Crippen molar-refractivity contribution in [2.45, 2.75) is 19.6 Å². The van der Waals surface area contributed by atoms with Crippen molar-refractivity contribution >= 4 is 0 Å². The molecule has 2 aromatic rings. The molecule has 1 atom stereocenters. The lowest BCUT2D eigenvalue weighted by Gasteiger charge is -2.13. The first kappa shape index (κ1) is 15.4. The number of hydrogen-bond donors (Lipinski definition) is 1. The number of nitrogens with one attached hydrogen (secondary N) is 1. The van der Waals surface area contributed by atoms with Gasteiger partial charge >= 0.3 is 0 Å². The summed E-state index contributed by atoms with van der Waals surface area (Å²) in [6.45, 7) is 1.81. The van der Waals surface area contributed by atoms with E-state index in [1.807, 2.05) is 6.92 Å². The number of hydrogen-bond acceptors (Lipinski definition) is 2. The third-order valence-corrected chi connectivity index (χ3v) is 3.20. The normalized spacial score (nSPS) is 12.2. The summed E-state index contributed by atoms with van der Waals surface area (Å²) in [5, 5.41) is 2.95. The van der Waals surface area contributed by atoms with E-state index >= 15 is 0 Å². The molecule has 0 aliphatic carbocycles. The van der Waals surface area contributed by atoms with E-state index < -0.39 is 11.6 Å². The fraction of sp³-hybridized carbons (Fsp3) is 0.250. The van der Waals surface area contributed by atoms with E-state index in [9.17, 15) is 13.2 Å². The molecule has 0 fully saturated rings. The molecule has 0 aromatic heterocycles. The second kappa shape index (κ2) is 6.63. The van der Waals surface area contributed by atoms with Crippen LogP contribution in [0.2, 0.25) is 0 Å². The van der Waals surface area contributed by atoms with Crippen molar-refractivity contribution in [3.8, 4) is 5.75 Å². The quantitative estimate of drug-likeness (QED) is 0.901. The van der Waals surface area contributed by atoms with Crippen LogP contribution in [-0.2, 0) is 6.61 Å². The molecule has 2 nitrogen and oxygen atoms in total. The first-order chi connectivity index (χ1) is 9.99. The summed E-state index contributed by atoms with van der Waals surface area (Å²) in [5.41, 5.74) is 0.877. The first-order valence-corrected chi connectivity index (χ1v) is 6.54. The molecule has 0 saturated carbocycles. The van der Waals surface area contributed by atoms with Gasteiger partial charge in [0, 0.05) is 23.7 Å². The summed E-state index contributed by atoms with van der Waals surface area (Å²) in [7, 11) is 1.74. The Hall–Kier alpha value is -2.01. The van der Waals surface area contributed by atoms with Gasteiger partial charge < -0.3 is 10.1 Å². The highest BCUT2D eigenvalue weighted by atomic mass is 19.1. The molecule has 0 spiro atoms. The standard InChI is InChI=1S/C16H16F3NO/c1-10(20-2)15-4-3-14(8-16(15)19)21-9-11-5-12(17)7-13(18)6-11/h3-8,10,20H,9H2,1-2H3. The Balaban J connectivity index is 2.08. The zero-order valence-electron chi connectivity index (χ0n) is 11.8. The third kappa shape index (κ3) is 3.98. The summed E-state index contributed by atoms with van der Waals surface area (Å²) in [6.07, 6.45) is 0. The highest BCUT2D eigenvalue weighted by Crippen LogP contribution is 2.22. The predicted octanol–water partition coefficient (Wildman–Crippen LogP) is 3.96. The van der Waals surface area contributed by atoms with Crippen LogP contribution >= 0.6 is 0 Å². The average Bonchev–Trinajstić information content (AvgIpc) is 2.43. The Morgan fingerprint density at radius 3 is 2.29 bits per heavy atom. The molecule has 0 saturated heterocycles. The lowest BCUT2D eigenvalue weighted by atomic mass is 10.1. The summed E-state index contributed by atoms with van der Waals surface area (Å²) in [5.74, 6) is -1.42. The highest BCUT2D eigenvalue weighted by molar-refractivity contribution is 5.31. The third-order valence-electron chi connectivity index (χ3n) is 3.20. The van der Waals surface area contributed by atoms with Gasteiger partial charge in [0.15, 0.2) is 0 Å². The van der Waals surface area contributed by atoms with Crippen LogP contribution in [0.4, 0.5) is 13.2 Å². The lowest BCUT2D eigenvalue weighted by molar-refractivity contribution is 0.302. The van der Waals surface area contributed by atoms with Crippen molar-refractivity contribution in [2.75, 3.05) is 7.05 Å². The topological polar surface area (TPSA) is 21.3 Å². The second-order valence-corrected chi connectivity index (χ2v) is 4.76. The Labute approximate surface area is 121 Å². The van der Waals surface area contributed by atoms with E-state index in [-0.39, 0.29) is 18.5 Å². The molecule has 0 radical (unpaired) electrons. The van der Waals surface area contributed by atoms with Gasteiger partial charge in [0.05, 0.1) is 0 Å². The van der Waals surface area contributed by atoms with Gasteiger partial charge in [-0.05, 0) is 37.7 Å². The summed E-state index contributed by atoms with van der Waals surface area (Å²) in [4.78, 5) is 0. The maximum atomic E-state index is 13.9. The fourth-order valence-corrected chi connectivity index (χ4v) is 1.97. The molecule has 2 aromatic carbocycles. The highest BCUT2D eigenvalue weighted by Gasteiger charge is 2.10. The zero-order chi connectivity index (χ0) is 15.4. The molecule has 0 aliphatic heterocycles. The van der Waals surface area contributed by atoms with Crippen molar-refractivity contribution in [2.24, 2.45) is 0 Å². The van der Waals surface area contributed by atoms with Crippen LogP contribution in [0.15, 0.2) is 36.4 Å². The fourth-order valence-electron chi connectivity index (χ4n) is 1.97. The SMILES string of the molecule is CNC(C)c1ccc(OCc2cc(F)cc(F)c2)cc1F. The van der Waals surface area contributed by atoms with Gasteiger partial charge in [-0.1, -0.05) is 6.07 Å². The average molecular weight is 295 g/mol. The van der Waals surface area contributed by atoms with Gasteiger partial charge in [0.2, 0.25) is 0 Å². The predicted molar refractivity (Wildman–Crippen MR) is 74.6 cm³/mol. The van der Waals surface area contributed by atoms with Crippen LogP contribution < -0.4 is 10.1 Å². The second-order valence-electron chi connectivity index (χ2n) is 4.76. The number of rotatable bonds is 5. The van der Waals surface area contributed by atoms with E-state index in [0.29, 0.717) is 16.9 Å². The Morgan fingerprint density at radius 2 is 1.71 bits per heavy atom. The summed E-state index contributed by atoms with van der Waals surface area (Å²) in [6, 6.07) is 7.54. The number of halogens is 3. The molecule has 2 rings (SSSR count). The minimum atomic E-state index is -0.669. The molecular weight excluding hydrogens is 279 g/mol. The van der Waals surface area contributed by atoms with Crippen LogP contribution in [0, 0.1) is 17.5 Å². The molecule has 0 amide bonds. The van der Waals surface area contributed by atoms with Crippen molar-refractivity contribution in [1.82, 2.24) is 5.32 Å². The Morgan fingerprint density at radius 1 is 1.05 bits per heavy atom. The molecule has 0 aliphatic rings. The maximum Gasteiger partial charge on any atom is 0.131 e. The van der Waals surface area contributed by atoms with Crippen molar-refractivity contribution < 1.29 is 17.9 Å². The monoisotopic (exact) mass is 295 g/mol. The smallest absolute Gasteiger partial charge is 0.131 e. The van der Waals surface area contributed by atoms with Crippen LogP contribution in [0.5, 0.6) is 5.75 Å². The molecule has 21 heavy (non-hydrogen) atoms. The van der Waals surface area contributed by atoms with Gasteiger partial charge in [-0.3, -0.25) is 0 Å². The van der Waals surface area contributed by atoms with Crippen molar-refractivity contribution in [1.29, 1.82) is 0 Å². The minimum absolute atomic E-state index is 0.0327. The van der Waals surface area contributed by atoms with Gasteiger partial charge in [0.1, 0.15) is 29.8 Å². The number of benzene rings is 2. The largest absolute Gasteiger partial charge is 0.489 e. The minimum Gasteiger partial charge on any atom is -0.489 e. The van der Waals surface area contributed by atoms with E-state index in [2.05, 4.69) is 5.32 Å². The zero-order valence-corrected chi connectivity index (χ0v) is 11.8. The molecule has 0 heterocycles. The van der Waals surface area contributed by atoms with E-state index in [4.69, 9.17) is 4.74 Å².